The van der Waals surface area contributed by atoms with Crippen molar-refractivity contribution in [3.05, 3.63) is 40.3 Å². The second kappa shape index (κ2) is 9.73. The van der Waals surface area contributed by atoms with Crippen molar-refractivity contribution >= 4 is 59.2 Å². The second-order valence-corrected chi connectivity index (χ2v) is 12.6. The van der Waals surface area contributed by atoms with Crippen molar-refractivity contribution in [3.63, 3.8) is 0 Å². The summed E-state index contributed by atoms with van der Waals surface area (Å²) in [4.78, 5) is 30.6. The number of esters is 1. The molecule has 1 N–H and O–H groups in total. The number of piperidine rings is 1. The molecule has 1 aliphatic heterocycles. The average molecular weight is 522 g/mol. The summed E-state index contributed by atoms with van der Waals surface area (Å²) >= 11 is 2.52. The lowest BCUT2D eigenvalue weighted by Crippen LogP contribution is -2.42. The zero-order chi connectivity index (χ0) is 24.6. The van der Waals surface area contributed by atoms with Crippen molar-refractivity contribution in [3.8, 4) is 0 Å². The SMILES string of the molecule is CCOC(=O)c1sc2nc(NC(=O)c3ccc(S(=O)(=O)N4CC(C)CC(C)C4)cc3)sc2c1C. The molecule has 0 radical (unpaired) electrons. The fraction of sp³-hybridized carbons (Fsp3) is 0.435. The fourth-order valence-corrected chi connectivity index (χ4v) is 8.12. The van der Waals surface area contributed by atoms with Gasteiger partial charge in [0, 0.05) is 18.7 Å². The van der Waals surface area contributed by atoms with Crippen LogP contribution in [0.1, 0.15) is 52.8 Å². The minimum atomic E-state index is -3.60. The van der Waals surface area contributed by atoms with Gasteiger partial charge in [0.15, 0.2) is 5.13 Å². The molecule has 3 heterocycles. The number of carbonyl (C=O) groups is 2. The van der Waals surface area contributed by atoms with E-state index in [2.05, 4.69) is 24.1 Å². The first-order chi connectivity index (χ1) is 16.1. The Morgan fingerprint density at radius 3 is 2.38 bits per heavy atom. The summed E-state index contributed by atoms with van der Waals surface area (Å²) < 4.78 is 33.5. The first-order valence-corrected chi connectivity index (χ1v) is 14.2. The molecule has 2 unspecified atom stereocenters. The van der Waals surface area contributed by atoms with Gasteiger partial charge in [-0.2, -0.15) is 4.31 Å². The number of benzene rings is 1. The molecule has 1 aliphatic rings. The lowest BCUT2D eigenvalue weighted by atomic mass is 9.94. The summed E-state index contributed by atoms with van der Waals surface area (Å²) in [6.07, 6.45) is 1.02. The minimum absolute atomic E-state index is 0.183. The van der Waals surface area contributed by atoms with E-state index in [-0.39, 0.29) is 16.8 Å². The number of thiazole rings is 1. The molecule has 8 nitrogen and oxygen atoms in total. The van der Waals surface area contributed by atoms with Crippen molar-refractivity contribution in [2.75, 3.05) is 25.0 Å². The van der Waals surface area contributed by atoms with Crippen molar-refractivity contribution < 1.29 is 22.7 Å². The number of aryl methyl sites for hydroxylation is 1. The number of ether oxygens (including phenoxy) is 1. The second-order valence-electron chi connectivity index (χ2n) is 8.68. The van der Waals surface area contributed by atoms with Gasteiger partial charge in [-0.15, -0.1) is 11.3 Å². The van der Waals surface area contributed by atoms with E-state index in [0.29, 0.717) is 51.9 Å². The van der Waals surface area contributed by atoms with Gasteiger partial charge in [-0.3, -0.25) is 10.1 Å². The van der Waals surface area contributed by atoms with Gasteiger partial charge in [0.2, 0.25) is 10.0 Å². The van der Waals surface area contributed by atoms with E-state index in [1.54, 1.807) is 6.92 Å². The van der Waals surface area contributed by atoms with Crippen LogP contribution in [-0.2, 0) is 14.8 Å². The largest absolute Gasteiger partial charge is 0.462 e. The highest BCUT2D eigenvalue weighted by Crippen LogP contribution is 2.37. The maximum Gasteiger partial charge on any atom is 0.348 e. The van der Waals surface area contributed by atoms with Crippen LogP contribution in [0, 0.1) is 18.8 Å². The molecule has 1 aromatic carbocycles. The number of amides is 1. The van der Waals surface area contributed by atoms with Crippen LogP contribution in [-0.4, -0.2) is 49.3 Å². The standard InChI is InChI=1S/C23H27N3O5S3/c1-5-31-22(28)19-15(4)18-21(32-19)25-23(33-18)24-20(27)16-6-8-17(9-7-16)34(29,30)26-11-13(2)10-14(3)12-26/h6-9,13-14H,5,10-12H2,1-4H3,(H,24,25,27). The van der Waals surface area contributed by atoms with Crippen LogP contribution < -0.4 is 5.32 Å². The fourth-order valence-electron chi connectivity index (χ4n) is 4.23. The zero-order valence-electron chi connectivity index (χ0n) is 19.5. The van der Waals surface area contributed by atoms with E-state index < -0.39 is 10.0 Å². The first kappa shape index (κ1) is 24.8. The topological polar surface area (TPSA) is 106 Å². The molecule has 4 rings (SSSR count). The molecule has 0 saturated carbocycles. The Balaban J connectivity index is 1.48. The Hall–Kier alpha value is -2.34. The maximum absolute atomic E-state index is 13.1. The highest BCUT2D eigenvalue weighted by Gasteiger charge is 2.31. The molecule has 0 spiro atoms. The number of nitrogens with zero attached hydrogens (tertiary/aromatic N) is 2. The van der Waals surface area contributed by atoms with Crippen LogP contribution in [0.15, 0.2) is 29.2 Å². The molecule has 2 aromatic heterocycles. The van der Waals surface area contributed by atoms with Crippen LogP contribution >= 0.6 is 22.7 Å². The Kier molecular flexibility index (Phi) is 7.09. The summed E-state index contributed by atoms with van der Waals surface area (Å²) in [5.41, 5.74) is 1.12. The molecule has 2 atom stereocenters. The van der Waals surface area contributed by atoms with Gasteiger partial charge >= 0.3 is 5.97 Å². The van der Waals surface area contributed by atoms with Crippen molar-refractivity contribution in [1.82, 2.24) is 9.29 Å². The number of hydrogen-bond donors (Lipinski definition) is 1. The lowest BCUT2D eigenvalue weighted by Gasteiger charge is -2.34. The molecule has 182 valence electrons. The predicted molar refractivity (Wildman–Crippen MR) is 134 cm³/mol. The number of anilines is 1. The van der Waals surface area contributed by atoms with Crippen molar-refractivity contribution in [1.29, 1.82) is 0 Å². The number of fused-ring (bicyclic) bond motifs is 1. The minimum Gasteiger partial charge on any atom is -0.462 e. The smallest absolute Gasteiger partial charge is 0.348 e. The molecule has 3 aromatic rings. The summed E-state index contributed by atoms with van der Waals surface area (Å²) in [6, 6.07) is 5.98. The number of carbonyl (C=O) groups excluding carboxylic acids is 2. The summed E-state index contributed by atoms with van der Waals surface area (Å²) in [5, 5.41) is 3.18. The van der Waals surface area contributed by atoms with Crippen molar-refractivity contribution in [2.24, 2.45) is 11.8 Å². The summed E-state index contributed by atoms with van der Waals surface area (Å²) in [6.45, 7) is 9.03. The summed E-state index contributed by atoms with van der Waals surface area (Å²) in [7, 11) is -3.60. The Bertz CT molecular complexity index is 1320. The Morgan fingerprint density at radius 2 is 1.79 bits per heavy atom. The number of thiophene rings is 1. The van der Waals surface area contributed by atoms with Crippen LogP contribution in [0.2, 0.25) is 0 Å². The molecule has 11 heteroatoms. The van der Waals surface area contributed by atoms with E-state index in [1.807, 2.05) is 6.92 Å². The number of aromatic nitrogens is 1. The zero-order valence-corrected chi connectivity index (χ0v) is 21.9. The van der Waals surface area contributed by atoms with E-state index in [9.17, 15) is 18.0 Å². The highest BCUT2D eigenvalue weighted by molar-refractivity contribution is 7.89. The van der Waals surface area contributed by atoms with Gasteiger partial charge < -0.3 is 4.74 Å². The third-order valence-corrected chi connectivity index (χ3v) is 9.98. The normalized spacial score (nSPS) is 19.3. The summed E-state index contributed by atoms with van der Waals surface area (Å²) in [5.74, 6) is -0.125. The Labute approximate surface area is 207 Å². The van der Waals surface area contributed by atoms with Crippen molar-refractivity contribution in [2.45, 2.75) is 39.0 Å². The molecule has 0 bridgehead atoms. The first-order valence-electron chi connectivity index (χ1n) is 11.1. The van der Waals surface area contributed by atoms with Crippen LogP contribution in [0.5, 0.6) is 0 Å². The third kappa shape index (κ3) is 4.88. The van der Waals surface area contributed by atoms with E-state index in [1.165, 1.54) is 51.2 Å². The van der Waals surface area contributed by atoms with Crippen LogP contribution in [0.3, 0.4) is 0 Å². The van der Waals surface area contributed by atoms with Crippen LogP contribution in [0.4, 0.5) is 5.13 Å². The molecule has 34 heavy (non-hydrogen) atoms. The van der Waals surface area contributed by atoms with Gasteiger partial charge in [-0.1, -0.05) is 25.2 Å². The van der Waals surface area contributed by atoms with Gasteiger partial charge in [-0.05, 0) is 61.9 Å². The number of sulfonamides is 1. The quantitative estimate of drug-likeness (QED) is 0.469. The Morgan fingerprint density at radius 1 is 1.15 bits per heavy atom. The predicted octanol–water partition coefficient (Wildman–Crippen LogP) is 4.76. The van der Waals surface area contributed by atoms with E-state index >= 15 is 0 Å². The number of nitrogens with one attached hydrogen (secondary N) is 1. The van der Waals surface area contributed by atoms with Gasteiger partial charge in [0.25, 0.3) is 5.91 Å². The molecule has 1 amide bonds. The highest BCUT2D eigenvalue weighted by atomic mass is 32.2. The number of hydrogen-bond acceptors (Lipinski definition) is 8. The van der Waals surface area contributed by atoms with E-state index in [4.69, 9.17) is 4.74 Å². The average Bonchev–Trinajstić information content (AvgIpc) is 3.31. The van der Waals surface area contributed by atoms with Gasteiger partial charge in [0.1, 0.15) is 9.71 Å². The third-order valence-electron chi connectivity index (χ3n) is 5.75. The monoisotopic (exact) mass is 521 g/mol. The molecular weight excluding hydrogens is 494 g/mol. The number of rotatable bonds is 6. The lowest BCUT2D eigenvalue weighted by molar-refractivity contribution is 0.0531. The van der Waals surface area contributed by atoms with Gasteiger partial charge in [0.05, 0.1) is 16.2 Å². The molecule has 1 saturated heterocycles. The van der Waals surface area contributed by atoms with Crippen LogP contribution in [0.25, 0.3) is 9.53 Å². The maximum atomic E-state index is 13.1. The van der Waals surface area contributed by atoms with Gasteiger partial charge in [-0.25, -0.2) is 18.2 Å². The van der Waals surface area contributed by atoms with E-state index in [0.717, 1.165) is 16.7 Å². The molecular formula is C23H27N3O5S3. The molecule has 0 aliphatic carbocycles. The molecule has 1 fully saturated rings.